The second-order valence-corrected chi connectivity index (χ2v) is 16.5. The first kappa shape index (κ1) is 34.1. The van der Waals surface area contributed by atoms with Gasteiger partial charge >= 0.3 is 6.09 Å². The number of aromatic nitrogens is 3. The minimum absolute atomic E-state index is 0.0316. The van der Waals surface area contributed by atoms with Crippen molar-refractivity contribution in [2.24, 2.45) is 5.41 Å². The zero-order valence-electron chi connectivity index (χ0n) is 28.3. The van der Waals surface area contributed by atoms with E-state index in [0.29, 0.717) is 41.9 Å². The summed E-state index contributed by atoms with van der Waals surface area (Å²) >= 11 is 0. The molecular formula is C36H45N5O5S. The van der Waals surface area contributed by atoms with E-state index in [9.17, 15) is 13.2 Å². The van der Waals surface area contributed by atoms with Crippen molar-refractivity contribution in [1.82, 2.24) is 19.9 Å². The molecule has 1 N–H and O–H groups in total. The lowest BCUT2D eigenvalue weighted by atomic mass is 10.0. The van der Waals surface area contributed by atoms with Gasteiger partial charge < -0.3 is 19.7 Å². The number of fused-ring (bicyclic) bond motifs is 1. The van der Waals surface area contributed by atoms with E-state index in [0.717, 1.165) is 34.7 Å². The summed E-state index contributed by atoms with van der Waals surface area (Å²) < 4.78 is 38.3. The summed E-state index contributed by atoms with van der Waals surface area (Å²) in [5.74, 6) is 1.46. The standard InChI is InChI=1S/C36H45N5O5S/c1-24-15-16-27-25(22-47(43,44)23-35(2,3)4)11-8-13-28(27)31(24)45-32-29(14-9-18-37-32)30-17-19-38-33(40-30)39-26-12-10-20-41(21-26)34(42)46-36(5,6)7/h8-9,11,13-19,26H,10,12,20-23H2,1-7H3,(H,38,39,40)/t26-/m0/s1. The highest BCUT2D eigenvalue weighted by Gasteiger charge is 2.28. The van der Waals surface area contributed by atoms with Crippen molar-refractivity contribution in [2.45, 2.75) is 78.7 Å². The Labute approximate surface area is 277 Å². The van der Waals surface area contributed by atoms with Gasteiger partial charge in [0.25, 0.3) is 0 Å². The van der Waals surface area contributed by atoms with Crippen molar-refractivity contribution < 1.29 is 22.7 Å². The molecule has 1 amide bonds. The third-order valence-electron chi connectivity index (χ3n) is 7.64. The van der Waals surface area contributed by atoms with E-state index in [1.807, 2.05) is 90.9 Å². The molecule has 0 saturated carbocycles. The Morgan fingerprint density at radius 1 is 0.979 bits per heavy atom. The molecule has 2 aromatic heterocycles. The van der Waals surface area contributed by atoms with Gasteiger partial charge in [-0.2, -0.15) is 0 Å². The van der Waals surface area contributed by atoms with Crippen molar-refractivity contribution in [1.29, 1.82) is 0 Å². The number of sulfone groups is 1. The lowest BCUT2D eigenvalue weighted by Gasteiger charge is -2.34. The van der Waals surface area contributed by atoms with Crippen molar-refractivity contribution in [2.75, 3.05) is 24.2 Å². The predicted molar refractivity (Wildman–Crippen MR) is 185 cm³/mol. The molecular weight excluding hydrogens is 614 g/mol. The third kappa shape index (κ3) is 8.97. The van der Waals surface area contributed by atoms with Crippen LogP contribution in [-0.4, -0.2) is 64.8 Å². The number of likely N-dealkylation sites (tertiary alicyclic amines) is 1. The number of rotatable bonds is 8. The van der Waals surface area contributed by atoms with Gasteiger partial charge in [-0.3, -0.25) is 0 Å². The average molecular weight is 660 g/mol. The molecule has 10 nitrogen and oxygen atoms in total. The molecule has 0 radical (unpaired) electrons. The van der Waals surface area contributed by atoms with Crippen LogP contribution in [0.2, 0.25) is 0 Å². The number of pyridine rings is 1. The molecule has 47 heavy (non-hydrogen) atoms. The number of carbonyl (C=O) groups excluding carboxylic acids is 1. The molecule has 11 heteroatoms. The fourth-order valence-electron chi connectivity index (χ4n) is 5.83. The molecule has 1 atom stereocenters. The molecule has 4 aromatic rings. The van der Waals surface area contributed by atoms with Crippen LogP contribution < -0.4 is 10.1 Å². The molecule has 3 heterocycles. The van der Waals surface area contributed by atoms with Gasteiger partial charge in [0.15, 0.2) is 9.84 Å². The zero-order chi connectivity index (χ0) is 34.0. The van der Waals surface area contributed by atoms with Crippen molar-refractivity contribution in [3.63, 3.8) is 0 Å². The summed E-state index contributed by atoms with van der Waals surface area (Å²) in [6.45, 7) is 14.5. The van der Waals surface area contributed by atoms with Crippen molar-refractivity contribution in [3.05, 3.63) is 72.1 Å². The second kappa shape index (κ2) is 13.5. The topological polar surface area (TPSA) is 124 Å². The fraction of sp³-hybridized carbons (Fsp3) is 0.444. The number of nitrogens with one attached hydrogen (secondary N) is 1. The highest BCUT2D eigenvalue weighted by molar-refractivity contribution is 7.90. The van der Waals surface area contributed by atoms with Gasteiger partial charge in [-0.1, -0.05) is 51.1 Å². The number of benzene rings is 2. The van der Waals surface area contributed by atoms with Gasteiger partial charge in [0, 0.05) is 36.9 Å². The minimum atomic E-state index is -3.34. The van der Waals surface area contributed by atoms with Gasteiger partial charge in [-0.25, -0.2) is 28.2 Å². The average Bonchev–Trinajstić information content (AvgIpc) is 2.97. The van der Waals surface area contributed by atoms with Crippen LogP contribution in [0.15, 0.2) is 60.9 Å². The van der Waals surface area contributed by atoms with Gasteiger partial charge in [-0.05, 0) is 80.7 Å². The molecule has 0 unspecified atom stereocenters. The van der Waals surface area contributed by atoms with E-state index < -0.39 is 15.4 Å². The Hall–Kier alpha value is -4.25. The van der Waals surface area contributed by atoms with Crippen LogP contribution in [0.5, 0.6) is 11.6 Å². The Morgan fingerprint density at radius 2 is 1.77 bits per heavy atom. The lowest BCUT2D eigenvalue weighted by molar-refractivity contribution is 0.0206. The normalized spacial score (nSPS) is 15.8. The highest BCUT2D eigenvalue weighted by Crippen LogP contribution is 2.38. The van der Waals surface area contributed by atoms with Crippen molar-refractivity contribution >= 4 is 32.7 Å². The first-order valence-electron chi connectivity index (χ1n) is 16.0. The molecule has 5 rings (SSSR count). The van der Waals surface area contributed by atoms with E-state index in [-0.39, 0.29) is 29.1 Å². The fourth-order valence-corrected chi connectivity index (χ4v) is 7.97. The largest absolute Gasteiger partial charge is 0.444 e. The summed E-state index contributed by atoms with van der Waals surface area (Å²) in [6, 6.07) is 15.1. The van der Waals surface area contributed by atoms with E-state index in [1.165, 1.54) is 0 Å². The van der Waals surface area contributed by atoms with Gasteiger partial charge in [0.1, 0.15) is 11.4 Å². The number of nitrogens with zero attached hydrogens (tertiary/aromatic N) is 4. The summed E-state index contributed by atoms with van der Waals surface area (Å²) in [4.78, 5) is 28.2. The van der Waals surface area contributed by atoms with E-state index in [4.69, 9.17) is 14.5 Å². The number of aryl methyl sites for hydroxylation is 1. The highest BCUT2D eigenvalue weighted by atomic mass is 32.2. The molecule has 1 fully saturated rings. The molecule has 2 aromatic carbocycles. The number of hydrogen-bond acceptors (Lipinski definition) is 9. The van der Waals surface area contributed by atoms with Crippen LogP contribution in [0.4, 0.5) is 10.7 Å². The first-order chi connectivity index (χ1) is 22.1. The smallest absolute Gasteiger partial charge is 0.410 e. The molecule has 0 aliphatic carbocycles. The molecule has 250 valence electrons. The van der Waals surface area contributed by atoms with E-state index >= 15 is 0 Å². The Morgan fingerprint density at radius 3 is 2.51 bits per heavy atom. The number of amides is 1. The summed E-state index contributed by atoms with van der Waals surface area (Å²) in [7, 11) is -3.34. The second-order valence-electron chi connectivity index (χ2n) is 14.5. The van der Waals surface area contributed by atoms with Crippen LogP contribution in [0.3, 0.4) is 0 Å². The van der Waals surface area contributed by atoms with Gasteiger partial charge in [-0.15, -0.1) is 0 Å². The Bertz CT molecular complexity index is 1860. The molecule has 0 bridgehead atoms. The van der Waals surface area contributed by atoms with Crippen LogP contribution in [-0.2, 0) is 20.3 Å². The maximum absolute atomic E-state index is 13.1. The Kier molecular flexibility index (Phi) is 9.77. The van der Waals surface area contributed by atoms with Crippen LogP contribution in [0, 0.1) is 12.3 Å². The Balaban J connectivity index is 1.39. The van der Waals surface area contributed by atoms with Crippen LogP contribution in [0.1, 0.15) is 65.5 Å². The van der Waals surface area contributed by atoms with Gasteiger partial charge in [0.2, 0.25) is 11.8 Å². The quantitative estimate of drug-likeness (QED) is 0.204. The number of carbonyl (C=O) groups is 1. The van der Waals surface area contributed by atoms with E-state index in [2.05, 4.69) is 15.3 Å². The first-order valence-corrected chi connectivity index (χ1v) is 17.8. The molecule has 0 spiro atoms. The lowest BCUT2D eigenvalue weighted by Crippen LogP contribution is -2.47. The van der Waals surface area contributed by atoms with Crippen molar-refractivity contribution in [3.8, 4) is 22.9 Å². The summed E-state index contributed by atoms with van der Waals surface area (Å²) in [6.07, 6.45) is 4.74. The van der Waals surface area contributed by atoms with Crippen LogP contribution in [0.25, 0.3) is 22.0 Å². The molecule has 1 aliphatic rings. The number of ether oxygens (including phenoxy) is 2. The van der Waals surface area contributed by atoms with E-state index in [1.54, 1.807) is 23.4 Å². The summed E-state index contributed by atoms with van der Waals surface area (Å²) in [5, 5.41) is 5.03. The third-order valence-corrected chi connectivity index (χ3v) is 9.69. The predicted octanol–water partition coefficient (Wildman–Crippen LogP) is 7.56. The number of anilines is 1. The number of hydrogen-bond donors (Lipinski definition) is 1. The molecule has 1 aliphatic heterocycles. The maximum atomic E-state index is 13.1. The van der Waals surface area contributed by atoms with Crippen LogP contribution >= 0.6 is 0 Å². The maximum Gasteiger partial charge on any atom is 0.410 e. The minimum Gasteiger partial charge on any atom is -0.444 e. The molecule has 1 saturated heterocycles. The zero-order valence-corrected chi connectivity index (χ0v) is 29.1. The van der Waals surface area contributed by atoms with Gasteiger partial charge in [0.05, 0.1) is 22.8 Å². The SMILES string of the molecule is Cc1ccc2c(CS(=O)(=O)CC(C)(C)C)cccc2c1Oc1ncccc1-c1ccnc(N[C@H]2CCCN(C(=O)OC(C)(C)C)C2)n1. The monoisotopic (exact) mass is 659 g/mol. The summed E-state index contributed by atoms with van der Waals surface area (Å²) in [5.41, 5.74) is 2.03. The number of piperidine rings is 1.